The molecule has 0 aliphatic carbocycles. The Balaban J connectivity index is 2.12. The largest absolute Gasteiger partial charge is 0.462 e. The van der Waals surface area contributed by atoms with Crippen molar-refractivity contribution >= 4 is 17.6 Å². The van der Waals surface area contributed by atoms with Crippen LogP contribution in [0.3, 0.4) is 0 Å². The number of halogens is 3. The van der Waals surface area contributed by atoms with Gasteiger partial charge in [0.05, 0.1) is 18.7 Å². The third-order valence-corrected chi connectivity index (χ3v) is 3.79. The quantitative estimate of drug-likeness (QED) is 0.778. The van der Waals surface area contributed by atoms with Gasteiger partial charge in [-0.1, -0.05) is 11.6 Å². The first-order valence-corrected chi connectivity index (χ1v) is 7.35. The summed E-state index contributed by atoms with van der Waals surface area (Å²) in [6.45, 7) is 3.03. The zero-order valence-electron chi connectivity index (χ0n) is 11.8. The van der Waals surface area contributed by atoms with E-state index < -0.39 is 12.4 Å². The van der Waals surface area contributed by atoms with E-state index in [1.807, 2.05) is 0 Å². The summed E-state index contributed by atoms with van der Waals surface area (Å²) in [4.78, 5) is 13.5. The Morgan fingerprint density at radius 3 is 2.90 bits per heavy atom. The van der Waals surface area contributed by atoms with Crippen molar-refractivity contribution in [3.8, 4) is 0 Å². The lowest BCUT2D eigenvalue weighted by molar-refractivity contribution is 0.0526. The van der Waals surface area contributed by atoms with E-state index in [1.54, 1.807) is 30.0 Å². The molecule has 0 spiro atoms. The minimum absolute atomic E-state index is 0.121. The van der Waals surface area contributed by atoms with E-state index >= 15 is 0 Å². The average Bonchev–Trinajstić information content (AvgIpc) is 2.86. The van der Waals surface area contributed by atoms with Crippen molar-refractivity contribution in [2.45, 2.75) is 25.7 Å². The molecule has 1 aromatic rings. The van der Waals surface area contributed by atoms with E-state index in [2.05, 4.69) is 0 Å². The van der Waals surface area contributed by atoms with Crippen molar-refractivity contribution in [3.05, 3.63) is 34.3 Å². The van der Waals surface area contributed by atoms with Crippen LogP contribution in [-0.4, -0.2) is 43.5 Å². The van der Waals surface area contributed by atoms with E-state index in [4.69, 9.17) is 16.3 Å². The summed E-state index contributed by atoms with van der Waals surface area (Å²) in [6, 6.07) is 5.11. The van der Waals surface area contributed by atoms with Gasteiger partial charge in [0, 0.05) is 11.6 Å². The average molecular weight is 318 g/mol. The van der Waals surface area contributed by atoms with Crippen LogP contribution in [-0.2, 0) is 4.74 Å². The predicted octanol–water partition coefficient (Wildman–Crippen LogP) is 3.57. The summed E-state index contributed by atoms with van der Waals surface area (Å²) in [5.41, 5.74) is 1.31. The highest BCUT2D eigenvalue weighted by Gasteiger charge is 2.26. The van der Waals surface area contributed by atoms with Crippen LogP contribution in [0.5, 0.6) is 0 Å². The van der Waals surface area contributed by atoms with Gasteiger partial charge in [-0.05, 0) is 49.6 Å². The molecule has 3 nitrogen and oxygen atoms in total. The molecule has 116 valence electrons. The maximum Gasteiger partial charge on any atom is 0.338 e. The Labute approximate surface area is 127 Å². The zero-order valence-corrected chi connectivity index (χ0v) is 12.6. The molecule has 2 rings (SSSR count). The zero-order chi connectivity index (χ0) is 15.4. The van der Waals surface area contributed by atoms with Crippen LogP contribution >= 0.6 is 11.6 Å². The van der Waals surface area contributed by atoms with E-state index in [9.17, 15) is 13.6 Å². The first-order chi connectivity index (χ1) is 9.99. The van der Waals surface area contributed by atoms with E-state index in [-0.39, 0.29) is 12.5 Å². The number of carbonyl (C=O) groups is 1. The van der Waals surface area contributed by atoms with Crippen LogP contribution in [0.1, 0.15) is 35.2 Å². The molecule has 1 atom stereocenters. The monoisotopic (exact) mass is 317 g/mol. The van der Waals surface area contributed by atoms with Crippen molar-refractivity contribution in [2.75, 3.05) is 26.2 Å². The summed E-state index contributed by atoms with van der Waals surface area (Å²) in [7, 11) is 0. The van der Waals surface area contributed by atoms with Gasteiger partial charge in [0.1, 0.15) is 0 Å². The molecule has 0 amide bonds. The molecule has 1 unspecified atom stereocenters. The Hall–Kier alpha value is -1.20. The summed E-state index contributed by atoms with van der Waals surface area (Å²) >= 11 is 6.05. The first-order valence-electron chi connectivity index (χ1n) is 6.97. The second-order valence-corrected chi connectivity index (χ2v) is 5.57. The van der Waals surface area contributed by atoms with Crippen LogP contribution in [0.25, 0.3) is 0 Å². The molecule has 0 radical (unpaired) electrons. The Bertz CT molecular complexity index is 510. The van der Waals surface area contributed by atoms with Gasteiger partial charge >= 0.3 is 5.97 Å². The van der Waals surface area contributed by atoms with Gasteiger partial charge in [-0.2, -0.15) is 0 Å². The van der Waals surface area contributed by atoms with Gasteiger partial charge in [0.2, 0.25) is 0 Å². The first kappa shape index (κ1) is 16.2. The molecule has 6 heteroatoms. The van der Waals surface area contributed by atoms with Crippen molar-refractivity contribution < 1.29 is 18.3 Å². The second kappa shape index (κ2) is 7.18. The van der Waals surface area contributed by atoms with Crippen LogP contribution < -0.4 is 0 Å². The molecule has 0 saturated carbocycles. The van der Waals surface area contributed by atoms with E-state index in [0.29, 0.717) is 30.3 Å². The number of hydrogen-bond acceptors (Lipinski definition) is 3. The lowest BCUT2D eigenvalue weighted by Gasteiger charge is -2.16. The highest BCUT2D eigenvalue weighted by molar-refractivity contribution is 6.31. The minimum atomic E-state index is -2.32. The maximum atomic E-state index is 12.4. The molecular formula is C15H18ClF2NO2. The second-order valence-electron chi connectivity index (χ2n) is 5.13. The van der Waals surface area contributed by atoms with Crippen LogP contribution in [0.4, 0.5) is 8.78 Å². The fourth-order valence-corrected chi connectivity index (χ4v) is 2.89. The highest BCUT2D eigenvalue weighted by Crippen LogP contribution is 2.30. The van der Waals surface area contributed by atoms with Gasteiger partial charge in [0.15, 0.2) is 0 Å². The van der Waals surface area contributed by atoms with Crippen molar-refractivity contribution in [1.29, 1.82) is 0 Å². The molecule has 1 fully saturated rings. The normalized spacial score (nSPS) is 19.2. The predicted molar refractivity (Wildman–Crippen MR) is 77.2 cm³/mol. The molecule has 0 N–H and O–H groups in total. The minimum Gasteiger partial charge on any atom is -0.462 e. The number of benzene rings is 1. The molecule has 0 aromatic heterocycles. The molecule has 0 bridgehead atoms. The summed E-state index contributed by atoms with van der Waals surface area (Å²) < 4.78 is 29.8. The van der Waals surface area contributed by atoms with Gasteiger partial charge in [0.25, 0.3) is 6.43 Å². The Kier molecular flexibility index (Phi) is 5.53. The smallest absolute Gasteiger partial charge is 0.338 e. The molecule has 1 heterocycles. The van der Waals surface area contributed by atoms with Gasteiger partial charge < -0.3 is 4.74 Å². The number of nitrogens with zero attached hydrogens (tertiary/aromatic N) is 1. The number of hydrogen-bond donors (Lipinski definition) is 0. The molecule has 1 aromatic carbocycles. The van der Waals surface area contributed by atoms with Gasteiger partial charge in [-0.3, -0.25) is 4.90 Å². The van der Waals surface area contributed by atoms with E-state index in [1.165, 1.54) is 0 Å². The van der Waals surface area contributed by atoms with Crippen molar-refractivity contribution in [1.82, 2.24) is 4.90 Å². The summed E-state index contributed by atoms with van der Waals surface area (Å²) in [6.07, 6.45) is -1.53. The standard InChI is InChI=1S/C15H18ClF2NO2/c1-2-21-15(20)12-5-11(6-13(16)7-12)10-3-4-19(8-10)9-14(17)18/h5-7,10,14H,2-4,8-9H2,1H3. The topological polar surface area (TPSA) is 29.5 Å². The van der Waals surface area contributed by atoms with Gasteiger partial charge in [-0.15, -0.1) is 0 Å². The third kappa shape index (κ3) is 4.38. The van der Waals surface area contributed by atoms with Crippen LogP contribution in [0.15, 0.2) is 18.2 Å². The van der Waals surface area contributed by atoms with Crippen LogP contribution in [0.2, 0.25) is 5.02 Å². The SMILES string of the molecule is CCOC(=O)c1cc(Cl)cc(C2CCN(CC(F)F)C2)c1. The fourth-order valence-electron chi connectivity index (χ4n) is 2.65. The number of rotatable bonds is 5. The Morgan fingerprint density at radius 1 is 1.48 bits per heavy atom. The lowest BCUT2D eigenvalue weighted by atomic mass is 9.96. The van der Waals surface area contributed by atoms with Crippen molar-refractivity contribution in [2.24, 2.45) is 0 Å². The number of esters is 1. The number of likely N-dealkylation sites (tertiary alicyclic amines) is 1. The van der Waals surface area contributed by atoms with Gasteiger partial charge in [-0.25, -0.2) is 13.6 Å². The Morgan fingerprint density at radius 2 is 2.24 bits per heavy atom. The van der Waals surface area contributed by atoms with Crippen molar-refractivity contribution in [3.63, 3.8) is 0 Å². The molecular weight excluding hydrogens is 300 g/mol. The molecule has 21 heavy (non-hydrogen) atoms. The molecule has 1 aliphatic heterocycles. The highest BCUT2D eigenvalue weighted by atomic mass is 35.5. The summed E-state index contributed by atoms with van der Waals surface area (Å²) in [5.74, 6) is -0.292. The van der Waals surface area contributed by atoms with Crippen LogP contribution in [0, 0.1) is 0 Å². The van der Waals surface area contributed by atoms with E-state index in [0.717, 1.165) is 12.0 Å². The fraction of sp³-hybridized carbons (Fsp3) is 0.533. The number of carbonyl (C=O) groups excluding carboxylic acids is 1. The maximum absolute atomic E-state index is 12.4. The number of ether oxygens (including phenoxy) is 1. The molecule has 1 aliphatic rings. The molecule has 1 saturated heterocycles. The lowest BCUT2D eigenvalue weighted by Crippen LogP contribution is -2.26. The summed E-state index contributed by atoms with van der Waals surface area (Å²) in [5, 5.41) is 0.461. The number of alkyl halides is 2. The third-order valence-electron chi connectivity index (χ3n) is 3.57.